The second-order valence-electron chi connectivity index (χ2n) is 2.86. The fourth-order valence-electron chi connectivity index (χ4n) is 0.907. The number of hydrogen-bond acceptors (Lipinski definition) is 3. The maximum Gasteiger partial charge on any atom is 0.344 e. The summed E-state index contributed by atoms with van der Waals surface area (Å²) in [7, 11) is 0. The van der Waals surface area contributed by atoms with E-state index in [1.165, 1.54) is 6.92 Å². The molecule has 78 valence electrons. The minimum Gasteiger partial charge on any atom is -0.479 e. The predicted molar refractivity (Wildman–Crippen MR) is 56.6 cm³/mol. The lowest BCUT2D eigenvalue weighted by Gasteiger charge is -2.11. The highest BCUT2D eigenvalue weighted by atomic mass is 79.9. The van der Waals surface area contributed by atoms with Gasteiger partial charge in [0.05, 0.1) is 16.1 Å². The number of rotatable bonds is 3. The molecule has 1 atom stereocenters. The van der Waals surface area contributed by atoms with Crippen molar-refractivity contribution in [2.24, 2.45) is 0 Å². The van der Waals surface area contributed by atoms with Crippen molar-refractivity contribution < 1.29 is 14.6 Å². The minimum absolute atomic E-state index is 0.406. The Kier molecular flexibility index (Phi) is 3.69. The van der Waals surface area contributed by atoms with Gasteiger partial charge >= 0.3 is 5.97 Å². The van der Waals surface area contributed by atoms with Gasteiger partial charge in [0.15, 0.2) is 6.10 Å². The van der Waals surface area contributed by atoms with Gasteiger partial charge in [0.2, 0.25) is 0 Å². The van der Waals surface area contributed by atoms with Crippen LogP contribution in [-0.2, 0) is 4.79 Å². The third-order valence-corrected chi connectivity index (χ3v) is 2.33. The number of carboxylic acid groups (broad SMARTS) is 1. The number of nitriles is 1. The Morgan fingerprint density at radius 2 is 2.33 bits per heavy atom. The first-order valence-corrected chi connectivity index (χ1v) is 4.93. The molecule has 4 nitrogen and oxygen atoms in total. The van der Waals surface area contributed by atoms with E-state index < -0.39 is 12.1 Å². The predicted octanol–water partition coefficient (Wildman–Crippen LogP) is 2.17. The minimum atomic E-state index is -1.04. The summed E-state index contributed by atoms with van der Waals surface area (Å²) in [5, 5.41) is 17.3. The Balaban J connectivity index is 2.88. The third kappa shape index (κ3) is 2.96. The van der Waals surface area contributed by atoms with E-state index in [0.717, 1.165) is 0 Å². The van der Waals surface area contributed by atoms with Crippen LogP contribution in [0.4, 0.5) is 0 Å². The van der Waals surface area contributed by atoms with Crippen molar-refractivity contribution in [1.29, 1.82) is 5.26 Å². The van der Waals surface area contributed by atoms with Gasteiger partial charge in [-0.3, -0.25) is 0 Å². The fourth-order valence-corrected chi connectivity index (χ4v) is 1.38. The van der Waals surface area contributed by atoms with Crippen LogP contribution in [0.2, 0.25) is 0 Å². The largest absolute Gasteiger partial charge is 0.479 e. The van der Waals surface area contributed by atoms with E-state index in [1.54, 1.807) is 18.2 Å². The van der Waals surface area contributed by atoms with Crippen LogP contribution in [0.3, 0.4) is 0 Å². The monoisotopic (exact) mass is 269 g/mol. The van der Waals surface area contributed by atoms with Crippen molar-refractivity contribution >= 4 is 21.9 Å². The van der Waals surface area contributed by atoms with Gasteiger partial charge in [-0.2, -0.15) is 5.26 Å². The summed E-state index contributed by atoms with van der Waals surface area (Å²) in [6.45, 7) is 1.44. The summed E-state index contributed by atoms with van der Waals surface area (Å²) in [5.41, 5.74) is 0.484. The van der Waals surface area contributed by atoms with Crippen LogP contribution in [0.15, 0.2) is 22.7 Å². The van der Waals surface area contributed by atoms with Crippen molar-refractivity contribution in [3.05, 3.63) is 28.2 Å². The molecular formula is C10H8BrNO3. The molecule has 0 saturated carbocycles. The second-order valence-corrected chi connectivity index (χ2v) is 3.71. The molecule has 0 heterocycles. The molecule has 0 spiro atoms. The van der Waals surface area contributed by atoms with E-state index in [0.29, 0.717) is 15.8 Å². The molecule has 0 aliphatic rings. The molecule has 1 N–H and O–H groups in total. The van der Waals surface area contributed by atoms with Crippen LogP contribution in [0.1, 0.15) is 12.5 Å². The number of hydrogen-bond donors (Lipinski definition) is 1. The van der Waals surface area contributed by atoms with E-state index >= 15 is 0 Å². The quantitative estimate of drug-likeness (QED) is 0.913. The van der Waals surface area contributed by atoms with Crippen molar-refractivity contribution in [2.75, 3.05) is 0 Å². The van der Waals surface area contributed by atoms with Crippen molar-refractivity contribution in [3.63, 3.8) is 0 Å². The van der Waals surface area contributed by atoms with E-state index in [4.69, 9.17) is 15.1 Å². The normalized spacial score (nSPS) is 11.5. The van der Waals surface area contributed by atoms with Gasteiger partial charge < -0.3 is 9.84 Å². The van der Waals surface area contributed by atoms with Gasteiger partial charge in [-0.05, 0) is 41.1 Å². The van der Waals surface area contributed by atoms with Crippen LogP contribution in [0.25, 0.3) is 0 Å². The fraction of sp³-hybridized carbons (Fsp3) is 0.200. The molecule has 1 aromatic rings. The number of carboxylic acids is 1. The van der Waals surface area contributed by atoms with Gasteiger partial charge in [-0.15, -0.1) is 0 Å². The average molecular weight is 270 g/mol. The molecule has 15 heavy (non-hydrogen) atoms. The maximum atomic E-state index is 10.5. The zero-order chi connectivity index (χ0) is 11.4. The summed E-state index contributed by atoms with van der Waals surface area (Å²) in [4.78, 5) is 10.5. The van der Waals surface area contributed by atoms with Gasteiger partial charge in [-0.1, -0.05) is 0 Å². The lowest BCUT2D eigenvalue weighted by atomic mass is 10.2. The Labute approximate surface area is 95.2 Å². The van der Waals surface area contributed by atoms with Crippen molar-refractivity contribution in [3.8, 4) is 11.8 Å². The van der Waals surface area contributed by atoms with E-state index in [1.807, 2.05) is 6.07 Å². The summed E-state index contributed by atoms with van der Waals surface area (Å²) in [6.07, 6.45) is -0.922. The average Bonchev–Trinajstić information content (AvgIpc) is 2.20. The number of halogens is 1. The van der Waals surface area contributed by atoms with Gasteiger partial charge in [-0.25, -0.2) is 4.79 Å². The van der Waals surface area contributed by atoms with Crippen LogP contribution in [0, 0.1) is 11.3 Å². The number of carbonyl (C=O) groups is 1. The second kappa shape index (κ2) is 4.80. The standard InChI is InChI=1S/C10H8BrNO3/c1-6(10(13)14)15-9-3-2-7(5-12)4-8(9)11/h2-4,6H,1H3,(H,13,14)/t6-/m0/s1. The highest BCUT2D eigenvalue weighted by Gasteiger charge is 2.14. The van der Waals surface area contributed by atoms with Crippen LogP contribution < -0.4 is 4.74 Å². The molecule has 0 aliphatic heterocycles. The van der Waals surface area contributed by atoms with Crippen molar-refractivity contribution in [1.82, 2.24) is 0 Å². The molecule has 1 aromatic carbocycles. The smallest absolute Gasteiger partial charge is 0.344 e. The van der Waals surface area contributed by atoms with E-state index in [2.05, 4.69) is 15.9 Å². The maximum absolute atomic E-state index is 10.5. The SMILES string of the molecule is C[C@H](Oc1ccc(C#N)cc1Br)C(=O)O. The number of ether oxygens (including phenoxy) is 1. The zero-order valence-corrected chi connectivity index (χ0v) is 9.48. The Bertz CT molecular complexity index is 425. The van der Waals surface area contributed by atoms with Crippen LogP contribution in [0.5, 0.6) is 5.75 Å². The van der Waals surface area contributed by atoms with E-state index in [-0.39, 0.29) is 0 Å². The lowest BCUT2D eigenvalue weighted by molar-refractivity contribution is -0.144. The molecule has 0 saturated heterocycles. The molecule has 0 aliphatic carbocycles. The molecule has 0 amide bonds. The Hall–Kier alpha value is -1.54. The lowest BCUT2D eigenvalue weighted by Crippen LogP contribution is -2.23. The molecular weight excluding hydrogens is 262 g/mol. The molecule has 1 rings (SSSR count). The Morgan fingerprint density at radius 1 is 1.67 bits per heavy atom. The molecule has 0 unspecified atom stereocenters. The first-order chi connectivity index (χ1) is 7.04. The highest BCUT2D eigenvalue weighted by Crippen LogP contribution is 2.26. The van der Waals surface area contributed by atoms with Gasteiger partial charge in [0.1, 0.15) is 5.75 Å². The topological polar surface area (TPSA) is 70.3 Å². The summed E-state index contributed by atoms with van der Waals surface area (Å²) in [6, 6.07) is 6.66. The third-order valence-electron chi connectivity index (χ3n) is 1.71. The molecule has 0 bridgehead atoms. The number of aliphatic carboxylic acids is 1. The molecule has 0 aromatic heterocycles. The zero-order valence-electron chi connectivity index (χ0n) is 7.90. The molecule has 0 radical (unpaired) electrons. The number of nitrogens with zero attached hydrogens (tertiary/aromatic N) is 1. The highest BCUT2D eigenvalue weighted by molar-refractivity contribution is 9.10. The van der Waals surface area contributed by atoms with Crippen LogP contribution >= 0.6 is 15.9 Å². The van der Waals surface area contributed by atoms with Crippen molar-refractivity contribution in [2.45, 2.75) is 13.0 Å². The summed E-state index contributed by atoms with van der Waals surface area (Å²) >= 11 is 3.20. The van der Waals surface area contributed by atoms with Crippen LogP contribution in [-0.4, -0.2) is 17.2 Å². The van der Waals surface area contributed by atoms with Gasteiger partial charge in [0.25, 0.3) is 0 Å². The van der Waals surface area contributed by atoms with Gasteiger partial charge in [0, 0.05) is 0 Å². The first-order valence-electron chi connectivity index (χ1n) is 4.13. The first kappa shape index (κ1) is 11.5. The number of benzene rings is 1. The molecule has 5 heteroatoms. The summed E-state index contributed by atoms with van der Waals surface area (Å²) < 4.78 is 5.71. The summed E-state index contributed by atoms with van der Waals surface area (Å²) in [5.74, 6) is -0.629. The Morgan fingerprint density at radius 3 is 2.80 bits per heavy atom. The van der Waals surface area contributed by atoms with E-state index in [9.17, 15) is 4.79 Å². The molecule has 0 fully saturated rings.